The fourth-order valence-electron chi connectivity index (χ4n) is 4.07. The molecule has 2 heterocycles. The first-order valence-electron chi connectivity index (χ1n) is 11.0. The summed E-state index contributed by atoms with van der Waals surface area (Å²) in [5.74, 6) is 0.155. The molecule has 2 aromatic heterocycles. The van der Waals surface area contributed by atoms with Gasteiger partial charge in [-0.2, -0.15) is 0 Å². The molecule has 0 saturated heterocycles. The van der Waals surface area contributed by atoms with Gasteiger partial charge >= 0.3 is 0 Å². The van der Waals surface area contributed by atoms with E-state index in [1.165, 1.54) is 0 Å². The van der Waals surface area contributed by atoms with Crippen molar-refractivity contribution in [3.63, 3.8) is 0 Å². The number of hydrogen-bond donors (Lipinski definition) is 5. The van der Waals surface area contributed by atoms with Gasteiger partial charge in [-0.1, -0.05) is 43.2 Å². The number of aliphatic hydroxyl groups excluding tert-OH is 2. The summed E-state index contributed by atoms with van der Waals surface area (Å²) in [6, 6.07) is 10.5. The molecule has 3 unspecified atom stereocenters. The highest BCUT2D eigenvalue weighted by atomic mass is 16.3. The number of anilines is 1. The number of nitrogens with one attached hydrogen (secondary N) is 3. The lowest BCUT2D eigenvalue weighted by Crippen LogP contribution is -2.36. The minimum absolute atomic E-state index is 0.0553. The second kappa shape index (κ2) is 9.93. The molecule has 1 saturated carbocycles. The van der Waals surface area contributed by atoms with Crippen LogP contribution in [0.25, 0.3) is 11.3 Å². The molecule has 5 N–H and O–H groups in total. The number of rotatable bonds is 7. The third-order valence-electron chi connectivity index (χ3n) is 5.91. The summed E-state index contributed by atoms with van der Waals surface area (Å²) in [6.45, 7) is 1.72. The van der Waals surface area contributed by atoms with Crippen molar-refractivity contribution in [3.05, 3.63) is 65.6 Å². The maximum atomic E-state index is 12.8. The molecular weight excluding hydrogens is 406 g/mol. The Kier molecular flexibility index (Phi) is 6.82. The van der Waals surface area contributed by atoms with Crippen LogP contribution in [0.4, 0.5) is 5.95 Å². The molecule has 8 nitrogen and oxygen atoms in total. The lowest BCUT2D eigenvalue weighted by Gasteiger charge is -2.28. The predicted molar refractivity (Wildman–Crippen MR) is 122 cm³/mol. The first kappa shape index (κ1) is 22.0. The van der Waals surface area contributed by atoms with Crippen molar-refractivity contribution in [1.82, 2.24) is 20.3 Å². The van der Waals surface area contributed by atoms with E-state index in [4.69, 9.17) is 0 Å². The van der Waals surface area contributed by atoms with Gasteiger partial charge in [0.15, 0.2) is 0 Å². The molecule has 168 valence electrons. The van der Waals surface area contributed by atoms with Gasteiger partial charge in [0.25, 0.3) is 5.91 Å². The van der Waals surface area contributed by atoms with Crippen molar-refractivity contribution in [2.45, 2.75) is 50.8 Å². The summed E-state index contributed by atoms with van der Waals surface area (Å²) in [5, 5.41) is 26.1. The van der Waals surface area contributed by atoms with Crippen LogP contribution in [-0.4, -0.2) is 49.8 Å². The molecular formula is C24H29N5O3. The molecule has 3 atom stereocenters. The van der Waals surface area contributed by atoms with Crippen molar-refractivity contribution >= 4 is 11.9 Å². The van der Waals surface area contributed by atoms with E-state index in [0.717, 1.165) is 42.4 Å². The quantitative estimate of drug-likeness (QED) is 0.389. The van der Waals surface area contributed by atoms with Gasteiger partial charge in [-0.3, -0.25) is 4.79 Å². The first-order chi connectivity index (χ1) is 15.5. The minimum atomic E-state index is -0.492. The van der Waals surface area contributed by atoms with Crippen LogP contribution in [0.3, 0.4) is 0 Å². The number of carbonyl (C=O) groups excluding carboxylic acids is 1. The van der Waals surface area contributed by atoms with Gasteiger partial charge in [-0.05, 0) is 37.0 Å². The summed E-state index contributed by atoms with van der Waals surface area (Å²) >= 11 is 0. The number of nitrogens with zero attached hydrogens (tertiary/aromatic N) is 2. The van der Waals surface area contributed by atoms with Gasteiger partial charge in [0.2, 0.25) is 5.95 Å². The average Bonchev–Trinajstić information content (AvgIpc) is 3.31. The average molecular weight is 436 g/mol. The largest absolute Gasteiger partial charge is 0.394 e. The number of aliphatic hydroxyl groups is 2. The molecule has 32 heavy (non-hydrogen) atoms. The van der Waals surface area contributed by atoms with Crippen LogP contribution in [-0.2, 0) is 0 Å². The van der Waals surface area contributed by atoms with Gasteiger partial charge in [0, 0.05) is 18.0 Å². The molecule has 4 rings (SSSR count). The second-order valence-electron chi connectivity index (χ2n) is 8.25. The number of benzene rings is 1. The molecule has 0 radical (unpaired) electrons. The maximum absolute atomic E-state index is 12.8. The maximum Gasteiger partial charge on any atom is 0.268 e. The zero-order valence-electron chi connectivity index (χ0n) is 18.1. The number of H-pyrrole nitrogens is 1. The number of aryl methyl sites for hydroxylation is 1. The van der Waals surface area contributed by atoms with E-state index in [2.05, 4.69) is 25.6 Å². The first-order valence-corrected chi connectivity index (χ1v) is 11.0. The Morgan fingerprint density at radius 2 is 2.03 bits per heavy atom. The Bertz CT molecular complexity index is 1050. The number of aromatic amines is 1. The number of carbonyl (C=O) groups is 1. The second-order valence-corrected chi connectivity index (χ2v) is 8.25. The van der Waals surface area contributed by atoms with Gasteiger partial charge in [0.05, 0.1) is 30.5 Å². The van der Waals surface area contributed by atoms with E-state index in [-0.39, 0.29) is 18.6 Å². The molecule has 1 aromatic carbocycles. The van der Waals surface area contributed by atoms with Crippen molar-refractivity contribution in [1.29, 1.82) is 0 Å². The summed E-state index contributed by atoms with van der Waals surface area (Å²) in [7, 11) is 0. The molecule has 1 amide bonds. The molecule has 3 aromatic rings. The van der Waals surface area contributed by atoms with Gasteiger partial charge < -0.3 is 25.8 Å². The highest BCUT2D eigenvalue weighted by Crippen LogP contribution is 2.25. The Labute approximate surface area is 187 Å². The van der Waals surface area contributed by atoms with E-state index in [9.17, 15) is 15.0 Å². The van der Waals surface area contributed by atoms with E-state index in [1.807, 2.05) is 37.3 Å². The Morgan fingerprint density at radius 1 is 1.25 bits per heavy atom. The van der Waals surface area contributed by atoms with Gasteiger partial charge in [0.1, 0.15) is 5.69 Å². The number of aromatic nitrogens is 3. The fourth-order valence-corrected chi connectivity index (χ4v) is 4.07. The smallest absolute Gasteiger partial charge is 0.268 e. The molecule has 0 bridgehead atoms. The fraction of sp³-hybridized carbons (Fsp3) is 0.375. The van der Waals surface area contributed by atoms with Crippen LogP contribution in [0.15, 0.2) is 48.8 Å². The summed E-state index contributed by atoms with van der Waals surface area (Å²) in [5.41, 5.74) is 3.57. The number of amides is 1. The van der Waals surface area contributed by atoms with Crippen molar-refractivity contribution in [2.24, 2.45) is 0 Å². The van der Waals surface area contributed by atoms with Crippen molar-refractivity contribution in [2.75, 3.05) is 11.9 Å². The van der Waals surface area contributed by atoms with E-state index >= 15 is 0 Å². The zero-order valence-corrected chi connectivity index (χ0v) is 18.1. The molecule has 8 heteroatoms. The van der Waals surface area contributed by atoms with Gasteiger partial charge in [-0.25, -0.2) is 9.97 Å². The zero-order chi connectivity index (χ0) is 22.5. The monoisotopic (exact) mass is 435 g/mol. The van der Waals surface area contributed by atoms with E-state index in [1.54, 1.807) is 18.5 Å². The summed E-state index contributed by atoms with van der Waals surface area (Å²) in [6.07, 6.45) is 6.85. The highest BCUT2D eigenvalue weighted by molar-refractivity contribution is 5.94. The third-order valence-corrected chi connectivity index (χ3v) is 5.91. The molecule has 1 aliphatic carbocycles. The Morgan fingerprint density at radius 3 is 2.78 bits per heavy atom. The lowest BCUT2D eigenvalue weighted by atomic mass is 9.93. The van der Waals surface area contributed by atoms with E-state index < -0.39 is 12.1 Å². The lowest BCUT2D eigenvalue weighted by molar-refractivity contribution is 0.0911. The third kappa shape index (κ3) is 4.98. The van der Waals surface area contributed by atoms with Crippen LogP contribution in [0.1, 0.15) is 53.3 Å². The van der Waals surface area contributed by atoms with Crippen molar-refractivity contribution < 1.29 is 15.0 Å². The number of hydrogen-bond acceptors (Lipinski definition) is 6. The van der Waals surface area contributed by atoms with Crippen molar-refractivity contribution in [3.8, 4) is 11.3 Å². The Balaban J connectivity index is 1.49. The molecule has 0 aliphatic heterocycles. The predicted octanol–water partition coefficient (Wildman–Crippen LogP) is 2.96. The molecule has 1 fully saturated rings. The standard InChI is InChI=1S/C24H29N5O3/c1-15-12-26-24(28-18-9-5-6-10-21(18)31)29-22(15)17-11-19(25-13-17)23(32)27-20(14-30)16-7-3-2-4-8-16/h2-4,7-8,11-13,18,20-21,25,30-31H,5-6,9-10,14H2,1H3,(H,27,32)(H,26,28,29). The minimum Gasteiger partial charge on any atom is -0.394 e. The highest BCUT2D eigenvalue weighted by Gasteiger charge is 2.24. The van der Waals surface area contributed by atoms with Crippen LogP contribution < -0.4 is 10.6 Å². The van der Waals surface area contributed by atoms with Crippen LogP contribution in [0.2, 0.25) is 0 Å². The summed E-state index contributed by atoms with van der Waals surface area (Å²) < 4.78 is 0. The van der Waals surface area contributed by atoms with E-state index in [0.29, 0.717) is 17.3 Å². The van der Waals surface area contributed by atoms with Crippen LogP contribution >= 0.6 is 0 Å². The van der Waals surface area contributed by atoms with Crippen LogP contribution in [0, 0.1) is 6.92 Å². The summed E-state index contributed by atoms with van der Waals surface area (Å²) in [4.78, 5) is 24.8. The Hall–Kier alpha value is -3.23. The molecule has 1 aliphatic rings. The molecule has 0 spiro atoms. The van der Waals surface area contributed by atoms with Gasteiger partial charge in [-0.15, -0.1) is 0 Å². The van der Waals surface area contributed by atoms with Crippen LogP contribution in [0.5, 0.6) is 0 Å². The SMILES string of the molecule is Cc1cnc(NC2CCCCC2O)nc1-c1c[nH]c(C(=O)NC(CO)c2ccccc2)c1. The topological polar surface area (TPSA) is 123 Å². The normalized spacial score (nSPS) is 19.3.